The fourth-order valence-corrected chi connectivity index (χ4v) is 2.21. The van der Waals surface area contributed by atoms with Crippen molar-refractivity contribution in [1.29, 1.82) is 0 Å². The third-order valence-electron chi connectivity index (χ3n) is 1.94. The van der Waals surface area contributed by atoms with Crippen molar-refractivity contribution >= 4 is 21.6 Å². The van der Waals surface area contributed by atoms with Crippen molar-refractivity contribution in [2.45, 2.75) is 5.75 Å². The van der Waals surface area contributed by atoms with Crippen molar-refractivity contribution < 1.29 is 12.8 Å². The highest BCUT2D eigenvalue weighted by Gasteiger charge is 2.19. The predicted octanol–water partition coefficient (Wildman–Crippen LogP) is 1.87. The third kappa shape index (κ3) is 2.90. The second kappa shape index (κ2) is 4.47. The minimum absolute atomic E-state index is 0.00728. The Morgan fingerprint density at radius 3 is 2.47 bits per heavy atom. The molecule has 0 aliphatic heterocycles. The summed E-state index contributed by atoms with van der Waals surface area (Å²) in [6, 6.07) is 4.08. The van der Waals surface area contributed by atoms with E-state index in [1.54, 1.807) is 0 Å². The Balaban J connectivity index is 3.11. The summed E-state index contributed by atoms with van der Waals surface area (Å²) < 4.78 is 37.3. The Kier molecular flexibility index (Phi) is 3.70. The number of sulfonamides is 1. The molecule has 0 N–H and O–H groups in total. The second-order valence-electron chi connectivity index (χ2n) is 3.24. The molecule has 15 heavy (non-hydrogen) atoms. The van der Waals surface area contributed by atoms with Crippen LogP contribution in [0.3, 0.4) is 0 Å². The van der Waals surface area contributed by atoms with Crippen molar-refractivity contribution in [1.82, 2.24) is 4.31 Å². The zero-order valence-corrected chi connectivity index (χ0v) is 9.94. The van der Waals surface area contributed by atoms with Crippen molar-refractivity contribution in [3.05, 3.63) is 34.6 Å². The van der Waals surface area contributed by atoms with Crippen molar-refractivity contribution in [2.24, 2.45) is 0 Å². The van der Waals surface area contributed by atoms with Crippen LogP contribution in [0.4, 0.5) is 4.39 Å². The topological polar surface area (TPSA) is 37.4 Å². The molecule has 0 radical (unpaired) electrons. The van der Waals surface area contributed by atoms with Crippen LogP contribution >= 0.6 is 11.6 Å². The van der Waals surface area contributed by atoms with Crippen LogP contribution in [-0.4, -0.2) is 26.8 Å². The SMILES string of the molecule is CN(C)S(=O)(=O)Cc1c(F)cccc1Cl. The van der Waals surface area contributed by atoms with Gasteiger partial charge in [0.05, 0.1) is 5.75 Å². The summed E-state index contributed by atoms with van der Waals surface area (Å²) in [6.07, 6.45) is 0. The van der Waals surface area contributed by atoms with E-state index < -0.39 is 21.6 Å². The van der Waals surface area contributed by atoms with Gasteiger partial charge in [0, 0.05) is 24.7 Å². The Bertz CT molecular complexity index is 439. The molecule has 84 valence electrons. The van der Waals surface area contributed by atoms with E-state index in [4.69, 9.17) is 11.6 Å². The maximum Gasteiger partial charge on any atom is 0.217 e. The highest BCUT2D eigenvalue weighted by atomic mass is 35.5. The van der Waals surface area contributed by atoms with Gasteiger partial charge in [0.15, 0.2) is 0 Å². The quantitative estimate of drug-likeness (QED) is 0.823. The fraction of sp³-hybridized carbons (Fsp3) is 0.333. The molecule has 0 amide bonds. The standard InChI is InChI=1S/C9H11ClFNO2S/c1-12(2)15(13,14)6-7-8(10)4-3-5-9(7)11/h3-5H,6H2,1-2H3. The minimum Gasteiger partial charge on any atom is -0.212 e. The molecule has 0 aromatic heterocycles. The molecule has 0 aliphatic rings. The molecule has 0 saturated heterocycles. The first-order valence-electron chi connectivity index (χ1n) is 4.17. The highest BCUT2D eigenvalue weighted by Crippen LogP contribution is 2.21. The Labute approximate surface area is 93.5 Å². The van der Waals surface area contributed by atoms with E-state index in [1.165, 1.54) is 32.3 Å². The lowest BCUT2D eigenvalue weighted by Crippen LogP contribution is -2.24. The van der Waals surface area contributed by atoms with Crippen LogP contribution in [0, 0.1) is 5.82 Å². The molecule has 0 bridgehead atoms. The van der Waals surface area contributed by atoms with Crippen LogP contribution in [-0.2, 0) is 15.8 Å². The van der Waals surface area contributed by atoms with E-state index in [0.29, 0.717) is 0 Å². The van der Waals surface area contributed by atoms with Crippen LogP contribution in [0.25, 0.3) is 0 Å². The molecule has 0 spiro atoms. The van der Waals surface area contributed by atoms with Crippen LogP contribution < -0.4 is 0 Å². The monoisotopic (exact) mass is 251 g/mol. The van der Waals surface area contributed by atoms with E-state index >= 15 is 0 Å². The second-order valence-corrected chi connectivity index (χ2v) is 5.83. The number of hydrogen-bond acceptors (Lipinski definition) is 2. The van der Waals surface area contributed by atoms with Gasteiger partial charge in [-0.15, -0.1) is 0 Å². The van der Waals surface area contributed by atoms with Gasteiger partial charge in [0.25, 0.3) is 0 Å². The Hall–Kier alpha value is -0.650. The summed E-state index contributed by atoms with van der Waals surface area (Å²) in [7, 11) is -0.701. The zero-order valence-electron chi connectivity index (χ0n) is 8.37. The molecule has 1 aromatic rings. The largest absolute Gasteiger partial charge is 0.217 e. The maximum absolute atomic E-state index is 13.3. The summed E-state index contributed by atoms with van der Waals surface area (Å²) in [5, 5.41) is 0.125. The molecule has 3 nitrogen and oxygen atoms in total. The average molecular weight is 252 g/mol. The van der Waals surface area contributed by atoms with Gasteiger partial charge in [-0.3, -0.25) is 0 Å². The summed E-state index contributed by atoms with van der Waals surface area (Å²) >= 11 is 5.72. The summed E-state index contributed by atoms with van der Waals surface area (Å²) in [5.74, 6) is -1.03. The molecule has 0 atom stereocenters. The average Bonchev–Trinajstić information content (AvgIpc) is 2.11. The molecular formula is C9H11ClFNO2S. The number of hydrogen-bond donors (Lipinski definition) is 0. The highest BCUT2D eigenvalue weighted by molar-refractivity contribution is 7.88. The number of nitrogens with zero attached hydrogens (tertiary/aromatic N) is 1. The Morgan fingerprint density at radius 2 is 2.00 bits per heavy atom. The molecular weight excluding hydrogens is 241 g/mol. The molecule has 0 heterocycles. The summed E-state index contributed by atoms with van der Waals surface area (Å²) in [6.45, 7) is 0. The van der Waals surface area contributed by atoms with E-state index in [-0.39, 0.29) is 10.6 Å². The van der Waals surface area contributed by atoms with Gasteiger partial charge in [-0.25, -0.2) is 17.1 Å². The molecule has 0 saturated carbocycles. The summed E-state index contributed by atoms with van der Waals surface area (Å²) in [5.41, 5.74) is 0.00728. The van der Waals surface area contributed by atoms with Gasteiger partial charge in [0.1, 0.15) is 5.82 Å². The van der Waals surface area contributed by atoms with Gasteiger partial charge in [-0.05, 0) is 12.1 Å². The van der Waals surface area contributed by atoms with Crippen molar-refractivity contribution in [3.63, 3.8) is 0 Å². The lowest BCUT2D eigenvalue weighted by Gasteiger charge is -2.12. The van der Waals surface area contributed by atoms with Gasteiger partial charge in [0.2, 0.25) is 10.0 Å². The molecule has 0 fully saturated rings. The third-order valence-corrected chi connectivity index (χ3v) is 4.07. The first-order chi connectivity index (χ1) is 6.84. The normalized spacial score (nSPS) is 12.1. The van der Waals surface area contributed by atoms with Gasteiger partial charge < -0.3 is 0 Å². The summed E-state index contributed by atoms with van der Waals surface area (Å²) in [4.78, 5) is 0. The number of benzene rings is 1. The van der Waals surface area contributed by atoms with Gasteiger partial charge in [-0.2, -0.15) is 0 Å². The smallest absolute Gasteiger partial charge is 0.212 e. The minimum atomic E-state index is -3.49. The van der Waals surface area contributed by atoms with Crippen LogP contribution in [0.5, 0.6) is 0 Å². The Morgan fingerprint density at radius 1 is 1.40 bits per heavy atom. The van der Waals surface area contributed by atoms with Crippen LogP contribution in [0.2, 0.25) is 5.02 Å². The molecule has 0 aliphatic carbocycles. The van der Waals surface area contributed by atoms with E-state index in [0.717, 1.165) is 4.31 Å². The molecule has 6 heteroatoms. The van der Waals surface area contributed by atoms with Crippen LogP contribution in [0.15, 0.2) is 18.2 Å². The van der Waals surface area contributed by atoms with Crippen molar-refractivity contribution in [2.75, 3.05) is 14.1 Å². The van der Waals surface area contributed by atoms with Gasteiger partial charge >= 0.3 is 0 Å². The fourth-order valence-electron chi connectivity index (χ4n) is 0.982. The van der Waals surface area contributed by atoms with Crippen molar-refractivity contribution in [3.8, 4) is 0 Å². The molecule has 0 unspecified atom stereocenters. The lowest BCUT2D eigenvalue weighted by molar-refractivity contribution is 0.517. The van der Waals surface area contributed by atoms with E-state index in [2.05, 4.69) is 0 Å². The first kappa shape index (κ1) is 12.4. The zero-order chi connectivity index (χ0) is 11.6. The van der Waals surface area contributed by atoms with Gasteiger partial charge in [-0.1, -0.05) is 17.7 Å². The first-order valence-corrected chi connectivity index (χ1v) is 6.16. The maximum atomic E-state index is 13.3. The van der Waals surface area contributed by atoms with Crippen LogP contribution in [0.1, 0.15) is 5.56 Å². The predicted molar refractivity (Wildman–Crippen MR) is 57.7 cm³/mol. The lowest BCUT2D eigenvalue weighted by atomic mass is 10.2. The number of halogens is 2. The van der Waals surface area contributed by atoms with E-state index in [9.17, 15) is 12.8 Å². The number of rotatable bonds is 3. The van der Waals surface area contributed by atoms with E-state index in [1.807, 2.05) is 0 Å². The molecule has 1 aromatic carbocycles. The molecule has 1 rings (SSSR count).